The molecule has 1 aromatic rings. The Morgan fingerprint density at radius 1 is 1.17 bits per heavy atom. The molecule has 18 heavy (non-hydrogen) atoms. The lowest BCUT2D eigenvalue weighted by molar-refractivity contribution is 0.734. The lowest BCUT2D eigenvalue weighted by atomic mass is 10.3. The lowest BCUT2D eigenvalue weighted by Gasteiger charge is -2.19. The van der Waals surface area contributed by atoms with E-state index in [1.54, 1.807) is 0 Å². The van der Waals surface area contributed by atoms with Crippen LogP contribution in [0.25, 0.3) is 0 Å². The van der Waals surface area contributed by atoms with Gasteiger partial charge in [-0.1, -0.05) is 25.1 Å². The third-order valence-corrected chi connectivity index (χ3v) is 2.98. The van der Waals surface area contributed by atoms with Gasteiger partial charge in [0.05, 0.1) is 0 Å². The van der Waals surface area contributed by atoms with Gasteiger partial charge in [0, 0.05) is 32.4 Å². The standard InChI is InChI=1S/C14H23N3S/c1-3-10-15-14(18)16-11-7-12-17(2)13-8-5-4-6-9-13/h4-6,8-9H,3,7,10-12H2,1-2H3,(H2,15,16,18). The van der Waals surface area contributed by atoms with Crippen molar-refractivity contribution >= 4 is 23.0 Å². The molecule has 0 aliphatic heterocycles. The van der Waals surface area contributed by atoms with Gasteiger partial charge in [-0.25, -0.2) is 0 Å². The molecule has 0 aromatic heterocycles. The monoisotopic (exact) mass is 265 g/mol. The molecule has 4 heteroatoms. The molecule has 0 fully saturated rings. The van der Waals surface area contributed by atoms with Crippen LogP contribution in [0.5, 0.6) is 0 Å². The van der Waals surface area contributed by atoms with Gasteiger partial charge in [-0.05, 0) is 37.2 Å². The summed E-state index contributed by atoms with van der Waals surface area (Å²) in [4.78, 5) is 2.25. The van der Waals surface area contributed by atoms with E-state index in [0.29, 0.717) is 0 Å². The van der Waals surface area contributed by atoms with Gasteiger partial charge >= 0.3 is 0 Å². The second kappa shape index (κ2) is 8.75. The number of hydrogen-bond donors (Lipinski definition) is 2. The van der Waals surface area contributed by atoms with Gasteiger partial charge < -0.3 is 15.5 Å². The van der Waals surface area contributed by atoms with Crippen LogP contribution < -0.4 is 15.5 Å². The van der Waals surface area contributed by atoms with Crippen molar-refractivity contribution in [2.75, 3.05) is 31.6 Å². The summed E-state index contributed by atoms with van der Waals surface area (Å²) in [7, 11) is 2.11. The third-order valence-electron chi connectivity index (χ3n) is 2.69. The van der Waals surface area contributed by atoms with E-state index < -0.39 is 0 Å². The fraction of sp³-hybridized carbons (Fsp3) is 0.500. The van der Waals surface area contributed by atoms with Crippen LogP contribution in [0.3, 0.4) is 0 Å². The van der Waals surface area contributed by atoms with Crippen LogP contribution in [-0.4, -0.2) is 31.8 Å². The van der Waals surface area contributed by atoms with Crippen molar-refractivity contribution in [2.45, 2.75) is 19.8 Å². The van der Waals surface area contributed by atoms with E-state index in [2.05, 4.69) is 53.8 Å². The van der Waals surface area contributed by atoms with Crippen LogP contribution in [-0.2, 0) is 0 Å². The lowest BCUT2D eigenvalue weighted by Crippen LogP contribution is -2.37. The fourth-order valence-electron chi connectivity index (χ4n) is 1.63. The maximum atomic E-state index is 5.16. The smallest absolute Gasteiger partial charge is 0.166 e. The van der Waals surface area contributed by atoms with Gasteiger partial charge in [-0.2, -0.15) is 0 Å². The fourth-order valence-corrected chi connectivity index (χ4v) is 1.83. The van der Waals surface area contributed by atoms with Crippen molar-refractivity contribution in [1.29, 1.82) is 0 Å². The number of nitrogens with zero attached hydrogens (tertiary/aromatic N) is 1. The van der Waals surface area contributed by atoms with Gasteiger partial charge in [-0.15, -0.1) is 0 Å². The molecule has 0 amide bonds. The molecule has 0 aliphatic rings. The summed E-state index contributed by atoms with van der Waals surface area (Å²) >= 11 is 5.16. The quantitative estimate of drug-likeness (QED) is 0.585. The van der Waals surface area contributed by atoms with E-state index in [0.717, 1.165) is 37.6 Å². The minimum absolute atomic E-state index is 0.763. The first-order valence-corrected chi connectivity index (χ1v) is 6.92. The highest BCUT2D eigenvalue weighted by Gasteiger charge is 1.99. The second-order valence-electron chi connectivity index (χ2n) is 4.29. The van der Waals surface area contributed by atoms with Crippen LogP contribution in [0.4, 0.5) is 5.69 Å². The predicted molar refractivity (Wildman–Crippen MR) is 83.2 cm³/mol. The first kappa shape index (κ1) is 14.8. The number of rotatable bonds is 7. The Kier molecular flexibility index (Phi) is 7.18. The molecular weight excluding hydrogens is 242 g/mol. The molecule has 0 bridgehead atoms. The van der Waals surface area contributed by atoms with Crippen molar-refractivity contribution in [3.63, 3.8) is 0 Å². The summed E-state index contributed by atoms with van der Waals surface area (Å²) in [5, 5.41) is 7.14. The molecule has 0 saturated carbocycles. The van der Waals surface area contributed by atoms with E-state index in [9.17, 15) is 0 Å². The van der Waals surface area contributed by atoms with E-state index in [-0.39, 0.29) is 0 Å². The number of benzene rings is 1. The van der Waals surface area contributed by atoms with Gasteiger partial charge in [0.25, 0.3) is 0 Å². The third kappa shape index (κ3) is 5.87. The SMILES string of the molecule is CCCNC(=S)NCCCN(C)c1ccccc1. The Morgan fingerprint density at radius 3 is 2.50 bits per heavy atom. The van der Waals surface area contributed by atoms with Crippen molar-refractivity contribution in [2.24, 2.45) is 0 Å². The second-order valence-corrected chi connectivity index (χ2v) is 4.70. The zero-order valence-corrected chi connectivity index (χ0v) is 12.1. The summed E-state index contributed by atoms with van der Waals surface area (Å²) in [6.07, 6.45) is 2.16. The summed E-state index contributed by atoms with van der Waals surface area (Å²) in [6, 6.07) is 10.4. The average molecular weight is 265 g/mol. The Hall–Kier alpha value is -1.29. The molecule has 0 saturated heterocycles. The maximum absolute atomic E-state index is 5.16. The molecule has 0 aliphatic carbocycles. The van der Waals surface area contributed by atoms with Crippen molar-refractivity contribution in [1.82, 2.24) is 10.6 Å². The minimum Gasteiger partial charge on any atom is -0.375 e. The molecule has 0 spiro atoms. The molecule has 1 rings (SSSR count). The summed E-state index contributed by atoms with van der Waals surface area (Å²) in [6.45, 7) is 5.00. The van der Waals surface area contributed by atoms with Gasteiger partial charge in [-0.3, -0.25) is 0 Å². The van der Waals surface area contributed by atoms with Crippen molar-refractivity contribution < 1.29 is 0 Å². The summed E-state index contributed by atoms with van der Waals surface area (Å²) < 4.78 is 0. The largest absolute Gasteiger partial charge is 0.375 e. The first-order valence-electron chi connectivity index (χ1n) is 6.52. The summed E-state index contributed by atoms with van der Waals surface area (Å²) in [5.41, 5.74) is 1.25. The Balaban J connectivity index is 2.13. The minimum atomic E-state index is 0.763. The van der Waals surface area contributed by atoms with Crippen LogP contribution in [0, 0.1) is 0 Å². The van der Waals surface area contributed by atoms with Crippen LogP contribution in [0.2, 0.25) is 0 Å². The van der Waals surface area contributed by atoms with Crippen molar-refractivity contribution in [3.05, 3.63) is 30.3 Å². The molecular formula is C14H23N3S. The molecule has 100 valence electrons. The maximum Gasteiger partial charge on any atom is 0.166 e. The molecule has 0 radical (unpaired) electrons. The van der Waals surface area contributed by atoms with Crippen LogP contribution in [0.15, 0.2) is 30.3 Å². The van der Waals surface area contributed by atoms with Gasteiger partial charge in [0.1, 0.15) is 0 Å². The van der Waals surface area contributed by atoms with E-state index >= 15 is 0 Å². The average Bonchev–Trinajstić information content (AvgIpc) is 2.42. The molecule has 1 aromatic carbocycles. The predicted octanol–water partition coefficient (Wildman–Crippen LogP) is 2.39. The normalized spacial score (nSPS) is 9.89. The number of nitrogens with one attached hydrogen (secondary N) is 2. The topological polar surface area (TPSA) is 27.3 Å². The Bertz CT molecular complexity index is 340. The highest BCUT2D eigenvalue weighted by atomic mass is 32.1. The number of para-hydroxylation sites is 1. The van der Waals surface area contributed by atoms with Gasteiger partial charge in [0.15, 0.2) is 5.11 Å². The molecule has 0 atom stereocenters. The number of thiocarbonyl (C=S) groups is 1. The molecule has 3 nitrogen and oxygen atoms in total. The number of hydrogen-bond acceptors (Lipinski definition) is 2. The zero-order valence-electron chi connectivity index (χ0n) is 11.3. The van der Waals surface area contributed by atoms with E-state index in [1.165, 1.54) is 5.69 Å². The van der Waals surface area contributed by atoms with Gasteiger partial charge in [0.2, 0.25) is 0 Å². The zero-order chi connectivity index (χ0) is 13.2. The Labute approximate surface area is 116 Å². The van der Waals surface area contributed by atoms with Crippen LogP contribution >= 0.6 is 12.2 Å². The highest BCUT2D eigenvalue weighted by molar-refractivity contribution is 7.80. The van der Waals surface area contributed by atoms with E-state index in [4.69, 9.17) is 12.2 Å². The molecule has 0 heterocycles. The molecule has 0 unspecified atom stereocenters. The van der Waals surface area contributed by atoms with E-state index in [1.807, 2.05) is 6.07 Å². The first-order chi connectivity index (χ1) is 8.74. The van der Waals surface area contributed by atoms with Crippen LogP contribution in [0.1, 0.15) is 19.8 Å². The molecule has 2 N–H and O–H groups in total. The highest BCUT2D eigenvalue weighted by Crippen LogP contribution is 2.10. The number of anilines is 1. The summed E-state index contributed by atoms with van der Waals surface area (Å²) in [5.74, 6) is 0. The van der Waals surface area contributed by atoms with Crippen molar-refractivity contribution in [3.8, 4) is 0 Å². The Morgan fingerprint density at radius 2 is 1.83 bits per heavy atom.